The van der Waals surface area contributed by atoms with E-state index in [1.165, 1.54) is 0 Å². The molecule has 1 unspecified atom stereocenters. The minimum atomic E-state index is -0.00718. The lowest BCUT2D eigenvalue weighted by Gasteiger charge is -2.09. The van der Waals surface area contributed by atoms with Gasteiger partial charge >= 0.3 is 0 Å². The van der Waals surface area contributed by atoms with Crippen molar-refractivity contribution in [2.24, 2.45) is 11.7 Å². The van der Waals surface area contributed by atoms with Crippen molar-refractivity contribution in [1.82, 2.24) is 9.97 Å². The summed E-state index contributed by atoms with van der Waals surface area (Å²) in [5, 5.41) is 2.86. The van der Waals surface area contributed by atoms with Crippen LogP contribution in [0.2, 0.25) is 0 Å². The first-order valence-electron chi connectivity index (χ1n) is 6.27. The van der Waals surface area contributed by atoms with E-state index >= 15 is 0 Å². The summed E-state index contributed by atoms with van der Waals surface area (Å²) in [4.78, 5) is 18.7. The van der Waals surface area contributed by atoms with Crippen molar-refractivity contribution in [1.29, 1.82) is 0 Å². The maximum absolute atomic E-state index is 11.7. The first kappa shape index (κ1) is 13.3. The first-order valence-corrected chi connectivity index (χ1v) is 6.27. The molecule has 4 N–H and O–H groups in total. The van der Waals surface area contributed by atoms with Crippen LogP contribution in [0.3, 0.4) is 0 Å². The van der Waals surface area contributed by atoms with Crippen LogP contribution in [0.1, 0.15) is 13.3 Å². The third kappa shape index (κ3) is 3.66. The van der Waals surface area contributed by atoms with E-state index in [-0.39, 0.29) is 11.8 Å². The molecule has 2 aromatic rings. The number of nitrogens with one attached hydrogen (secondary N) is 2. The third-order valence-electron chi connectivity index (χ3n) is 2.91. The molecule has 0 spiro atoms. The number of amides is 1. The highest BCUT2D eigenvalue weighted by Gasteiger charge is 2.07. The Morgan fingerprint density at radius 2 is 2.16 bits per heavy atom. The normalized spacial score (nSPS) is 12.1. The second kappa shape index (κ2) is 6.15. The molecule has 1 atom stereocenters. The van der Waals surface area contributed by atoms with Crippen molar-refractivity contribution in [2.75, 3.05) is 11.9 Å². The topological polar surface area (TPSA) is 83.8 Å². The zero-order valence-electron chi connectivity index (χ0n) is 10.9. The summed E-state index contributed by atoms with van der Waals surface area (Å²) in [5.41, 5.74) is 8.27. The molecule has 1 aromatic heterocycles. The van der Waals surface area contributed by atoms with E-state index in [2.05, 4.69) is 15.3 Å². The number of benzene rings is 1. The van der Waals surface area contributed by atoms with Crippen LogP contribution in [0.4, 0.5) is 5.69 Å². The number of anilines is 1. The molecule has 0 saturated carbocycles. The summed E-state index contributed by atoms with van der Waals surface area (Å²) in [5.74, 6) is 0.191. The molecule has 5 nitrogen and oxygen atoms in total. The van der Waals surface area contributed by atoms with E-state index in [1.807, 2.05) is 31.2 Å². The van der Waals surface area contributed by atoms with E-state index in [4.69, 9.17) is 5.73 Å². The third-order valence-corrected chi connectivity index (χ3v) is 2.91. The molecule has 0 radical (unpaired) electrons. The summed E-state index contributed by atoms with van der Waals surface area (Å²) in [6.45, 7) is 2.48. The van der Waals surface area contributed by atoms with E-state index in [0.717, 1.165) is 16.9 Å². The van der Waals surface area contributed by atoms with Crippen molar-refractivity contribution < 1.29 is 4.79 Å². The Bertz CT molecular complexity index is 519. The van der Waals surface area contributed by atoms with Crippen LogP contribution in [0.15, 0.2) is 36.8 Å². The summed E-state index contributed by atoms with van der Waals surface area (Å²) in [6, 6.07) is 7.63. The zero-order chi connectivity index (χ0) is 13.7. The molecule has 1 heterocycles. The molecule has 19 heavy (non-hydrogen) atoms. The summed E-state index contributed by atoms with van der Waals surface area (Å²) in [7, 11) is 0. The number of carbonyl (C=O) groups excluding carboxylic acids is 1. The molecular weight excluding hydrogens is 240 g/mol. The number of H-pyrrole nitrogens is 1. The van der Waals surface area contributed by atoms with Crippen LogP contribution < -0.4 is 11.1 Å². The molecule has 2 rings (SSSR count). The highest BCUT2D eigenvalue weighted by molar-refractivity contribution is 5.91. The smallest absolute Gasteiger partial charge is 0.224 e. The van der Waals surface area contributed by atoms with Crippen molar-refractivity contribution in [2.45, 2.75) is 13.3 Å². The highest BCUT2D eigenvalue weighted by atomic mass is 16.1. The number of rotatable bonds is 5. The Morgan fingerprint density at radius 1 is 1.42 bits per heavy atom. The Labute approximate surface area is 112 Å². The maximum atomic E-state index is 11.7. The van der Waals surface area contributed by atoms with Gasteiger partial charge in [-0.05, 0) is 30.2 Å². The lowest BCUT2D eigenvalue weighted by atomic mass is 10.1. The average molecular weight is 258 g/mol. The monoisotopic (exact) mass is 258 g/mol. The van der Waals surface area contributed by atoms with Gasteiger partial charge in [-0.2, -0.15) is 0 Å². The number of imidazole rings is 1. The molecular formula is C14H18N4O. The molecule has 5 heteroatoms. The Hall–Kier alpha value is -2.14. The van der Waals surface area contributed by atoms with Crippen LogP contribution in [-0.2, 0) is 4.79 Å². The summed E-state index contributed by atoms with van der Waals surface area (Å²) in [6.07, 6.45) is 3.84. The predicted octanol–water partition coefficient (Wildman–Crippen LogP) is 2.00. The van der Waals surface area contributed by atoms with Crippen molar-refractivity contribution in [3.05, 3.63) is 36.8 Å². The van der Waals surface area contributed by atoms with Gasteiger partial charge in [-0.3, -0.25) is 4.79 Å². The van der Waals surface area contributed by atoms with Gasteiger partial charge in [-0.25, -0.2) is 4.98 Å². The van der Waals surface area contributed by atoms with Crippen LogP contribution in [-0.4, -0.2) is 22.4 Å². The fraction of sp³-hybridized carbons (Fsp3) is 0.286. The minimum Gasteiger partial charge on any atom is -0.345 e. The van der Waals surface area contributed by atoms with Crippen molar-refractivity contribution in [3.8, 4) is 11.3 Å². The van der Waals surface area contributed by atoms with Crippen molar-refractivity contribution >= 4 is 11.6 Å². The van der Waals surface area contributed by atoms with E-state index in [9.17, 15) is 4.79 Å². The van der Waals surface area contributed by atoms with Crippen LogP contribution in [0.25, 0.3) is 11.3 Å². The molecule has 0 aliphatic heterocycles. The second-order valence-corrected chi connectivity index (χ2v) is 4.64. The number of hydrogen-bond acceptors (Lipinski definition) is 3. The van der Waals surface area contributed by atoms with Crippen LogP contribution in [0, 0.1) is 5.92 Å². The Morgan fingerprint density at radius 3 is 2.74 bits per heavy atom. The van der Waals surface area contributed by atoms with E-state index < -0.39 is 0 Å². The largest absolute Gasteiger partial charge is 0.345 e. The average Bonchev–Trinajstić information content (AvgIpc) is 2.93. The van der Waals surface area contributed by atoms with Crippen molar-refractivity contribution in [3.63, 3.8) is 0 Å². The SMILES string of the molecule is CC(CN)CC(=O)Nc1ccc(-c2cnc[nH]2)cc1. The summed E-state index contributed by atoms with van der Waals surface area (Å²) >= 11 is 0. The van der Waals surface area contributed by atoms with Gasteiger partial charge in [0.2, 0.25) is 5.91 Å². The Balaban J connectivity index is 1.97. The summed E-state index contributed by atoms with van der Waals surface area (Å²) < 4.78 is 0. The van der Waals surface area contributed by atoms with Gasteiger partial charge in [-0.15, -0.1) is 0 Å². The number of hydrogen-bond donors (Lipinski definition) is 3. The quantitative estimate of drug-likeness (QED) is 0.767. The van der Waals surface area contributed by atoms with Gasteiger partial charge in [0, 0.05) is 12.1 Å². The lowest BCUT2D eigenvalue weighted by Crippen LogP contribution is -2.19. The van der Waals surface area contributed by atoms with E-state index in [0.29, 0.717) is 13.0 Å². The van der Waals surface area contributed by atoms with Gasteiger partial charge in [0.15, 0.2) is 0 Å². The fourth-order valence-electron chi connectivity index (χ4n) is 1.76. The van der Waals surface area contributed by atoms with Gasteiger partial charge in [0.05, 0.1) is 18.2 Å². The van der Waals surface area contributed by atoms with Gasteiger partial charge in [-0.1, -0.05) is 19.1 Å². The molecule has 0 bridgehead atoms. The molecule has 0 aliphatic rings. The second-order valence-electron chi connectivity index (χ2n) is 4.64. The highest BCUT2D eigenvalue weighted by Crippen LogP contribution is 2.19. The molecule has 0 aliphatic carbocycles. The Kier molecular flexibility index (Phi) is 4.30. The zero-order valence-corrected chi connectivity index (χ0v) is 10.9. The van der Waals surface area contributed by atoms with Gasteiger partial charge < -0.3 is 16.0 Å². The van der Waals surface area contributed by atoms with Gasteiger partial charge in [0.1, 0.15) is 0 Å². The number of nitrogens with two attached hydrogens (primary N) is 1. The number of carbonyl (C=O) groups is 1. The molecule has 100 valence electrons. The molecule has 0 saturated heterocycles. The number of nitrogens with zero attached hydrogens (tertiary/aromatic N) is 1. The standard InChI is InChI=1S/C14H18N4O/c1-10(7-15)6-14(19)18-12-4-2-11(3-5-12)13-8-16-9-17-13/h2-5,8-10H,6-7,15H2,1H3,(H,16,17)(H,18,19). The predicted molar refractivity (Wildman–Crippen MR) is 75.5 cm³/mol. The fourth-order valence-corrected chi connectivity index (χ4v) is 1.76. The number of aromatic amines is 1. The lowest BCUT2D eigenvalue weighted by molar-refractivity contribution is -0.116. The molecule has 1 aromatic carbocycles. The van der Waals surface area contributed by atoms with Crippen LogP contribution >= 0.6 is 0 Å². The molecule has 1 amide bonds. The maximum Gasteiger partial charge on any atom is 0.224 e. The molecule has 0 fully saturated rings. The number of aromatic nitrogens is 2. The first-order chi connectivity index (χ1) is 9.19. The minimum absolute atomic E-state index is 0.00718. The van der Waals surface area contributed by atoms with Crippen LogP contribution in [0.5, 0.6) is 0 Å². The van der Waals surface area contributed by atoms with Gasteiger partial charge in [0.25, 0.3) is 0 Å². The van der Waals surface area contributed by atoms with E-state index in [1.54, 1.807) is 12.5 Å².